The average Bonchev–Trinajstić information content (AvgIpc) is 3.11. The molecule has 0 bridgehead atoms. The van der Waals surface area contributed by atoms with Crippen LogP contribution in [-0.2, 0) is 11.3 Å². The molecular formula is C20H30Cl2N2O3. The van der Waals surface area contributed by atoms with Gasteiger partial charge in [0.2, 0.25) is 0 Å². The van der Waals surface area contributed by atoms with Crippen LogP contribution in [0.15, 0.2) is 40.8 Å². The SMILES string of the molecule is CCOC(=O)c1ccc(-c2ccc(CNCCN(CC)CC)o2)cc1.Cl.Cl. The highest BCUT2D eigenvalue weighted by Gasteiger charge is 2.09. The number of furan rings is 1. The largest absolute Gasteiger partial charge is 0.462 e. The molecule has 0 amide bonds. The highest BCUT2D eigenvalue weighted by Crippen LogP contribution is 2.22. The van der Waals surface area contributed by atoms with Crippen molar-refractivity contribution >= 4 is 30.8 Å². The van der Waals surface area contributed by atoms with E-state index in [4.69, 9.17) is 9.15 Å². The average molecular weight is 417 g/mol. The van der Waals surface area contributed by atoms with Gasteiger partial charge < -0.3 is 19.4 Å². The fraction of sp³-hybridized carbons (Fsp3) is 0.450. The molecule has 0 aliphatic carbocycles. The summed E-state index contributed by atoms with van der Waals surface area (Å²) in [5.74, 6) is 1.41. The molecule has 1 aromatic carbocycles. The molecule has 2 aromatic rings. The lowest BCUT2D eigenvalue weighted by Crippen LogP contribution is -2.31. The normalized spacial score (nSPS) is 10.2. The van der Waals surface area contributed by atoms with Crippen LogP contribution < -0.4 is 5.32 Å². The maximum atomic E-state index is 11.7. The van der Waals surface area contributed by atoms with Crippen LogP contribution in [0.3, 0.4) is 0 Å². The summed E-state index contributed by atoms with van der Waals surface area (Å²) in [5, 5.41) is 3.41. The third-order valence-corrected chi connectivity index (χ3v) is 4.14. The first-order chi connectivity index (χ1) is 12.2. The molecule has 1 aromatic heterocycles. The molecule has 0 unspecified atom stereocenters. The number of rotatable bonds is 10. The van der Waals surface area contributed by atoms with E-state index < -0.39 is 0 Å². The second-order valence-corrected chi connectivity index (χ2v) is 5.77. The zero-order valence-corrected chi connectivity index (χ0v) is 17.8. The molecule has 1 heterocycles. The highest BCUT2D eigenvalue weighted by atomic mass is 35.5. The van der Waals surface area contributed by atoms with Crippen molar-refractivity contribution in [1.82, 2.24) is 10.2 Å². The van der Waals surface area contributed by atoms with Gasteiger partial charge in [-0.25, -0.2) is 4.79 Å². The maximum Gasteiger partial charge on any atom is 0.338 e. The third-order valence-electron chi connectivity index (χ3n) is 4.14. The predicted molar refractivity (Wildman–Crippen MR) is 114 cm³/mol. The number of hydrogen-bond donors (Lipinski definition) is 1. The van der Waals surface area contributed by atoms with Crippen molar-refractivity contribution in [2.24, 2.45) is 0 Å². The molecule has 0 aliphatic rings. The number of hydrogen-bond acceptors (Lipinski definition) is 5. The molecule has 2 rings (SSSR count). The number of esters is 1. The van der Waals surface area contributed by atoms with E-state index in [0.29, 0.717) is 18.7 Å². The number of carbonyl (C=O) groups excluding carboxylic acids is 1. The summed E-state index contributed by atoms with van der Waals surface area (Å²) in [4.78, 5) is 14.1. The Morgan fingerprint density at radius 1 is 1.04 bits per heavy atom. The molecule has 0 spiro atoms. The number of halogens is 2. The van der Waals surface area contributed by atoms with E-state index in [9.17, 15) is 4.79 Å². The molecular weight excluding hydrogens is 387 g/mol. The van der Waals surface area contributed by atoms with Gasteiger partial charge in [0.1, 0.15) is 11.5 Å². The van der Waals surface area contributed by atoms with Gasteiger partial charge in [-0.1, -0.05) is 26.0 Å². The number of likely N-dealkylation sites (N-methyl/N-ethyl adjacent to an activating group) is 1. The molecule has 0 atom stereocenters. The molecule has 0 radical (unpaired) electrons. The lowest BCUT2D eigenvalue weighted by Gasteiger charge is -2.17. The van der Waals surface area contributed by atoms with Crippen molar-refractivity contribution in [2.45, 2.75) is 27.3 Å². The Balaban J connectivity index is 0.00000338. The summed E-state index contributed by atoms with van der Waals surface area (Å²) in [7, 11) is 0. The topological polar surface area (TPSA) is 54.7 Å². The van der Waals surface area contributed by atoms with E-state index in [0.717, 1.165) is 43.3 Å². The van der Waals surface area contributed by atoms with E-state index in [1.807, 2.05) is 24.3 Å². The minimum atomic E-state index is -0.299. The van der Waals surface area contributed by atoms with Crippen LogP contribution in [0.4, 0.5) is 0 Å². The van der Waals surface area contributed by atoms with Crippen molar-refractivity contribution in [1.29, 1.82) is 0 Å². The smallest absolute Gasteiger partial charge is 0.338 e. The van der Waals surface area contributed by atoms with E-state index >= 15 is 0 Å². The fourth-order valence-electron chi connectivity index (χ4n) is 2.60. The Kier molecular flexibility index (Phi) is 12.8. The van der Waals surface area contributed by atoms with Gasteiger partial charge in [-0.3, -0.25) is 0 Å². The zero-order valence-electron chi connectivity index (χ0n) is 16.2. The van der Waals surface area contributed by atoms with Gasteiger partial charge in [-0.05, 0) is 44.3 Å². The molecule has 7 heteroatoms. The first-order valence-electron chi connectivity index (χ1n) is 8.97. The lowest BCUT2D eigenvalue weighted by molar-refractivity contribution is 0.0526. The summed E-state index contributed by atoms with van der Waals surface area (Å²) in [6, 6.07) is 11.2. The summed E-state index contributed by atoms with van der Waals surface area (Å²) in [6.07, 6.45) is 0. The Bertz CT molecular complexity index is 656. The monoisotopic (exact) mass is 416 g/mol. The summed E-state index contributed by atoms with van der Waals surface area (Å²) in [6.45, 7) is 11.4. The highest BCUT2D eigenvalue weighted by molar-refractivity contribution is 5.89. The molecule has 27 heavy (non-hydrogen) atoms. The molecule has 152 valence electrons. The second-order valence-electron chi connectivity index (χ2n) is 5.77. The molecule has 0 aliphatic heterocycles. The second kappa shape index (κ2) is 13.6. The van der Waals surface area contributed by atoms with Crippen LogP contribution in [0.5, 0.6) is 0 Å². The molecule has 5 nitrogen and oxygen atoms in total. The third kappa shape index (κ3) is 7.93. The number of ether oxygens (including phenoxy) is 1. The summed E-state index contributed by atoms with van der Waals surface area (Å²) in [5.41, 5.74) is 1.50. The predicted octanol–water partition coefficient (Wildman–Crippen LogP) is 4.40. The van der Waals surface area contributed by atoms with Gasteiger partial charge in [-0.15, -0.1) is 24.8 Å². The Morgan fingerprint density at radius 3 is 2.30 bits per heavy atom. The van der Waals surface area contributed by atoms with Gasteiger partial charge in [-0.2, -0.15) is 0 Å². The van der Waals surface area contributed by atoms with Crippen LogP contribution in [-0.4, -0.2) is 43.7 Å². The van der Waals surface area contributed by atoms with Crippen molar-refractivity contribution in [2.75, 3.05) is 32.8 Å². The Labute approximate surface area is 174 Å². The summed E-state index contributed by atoms with van der Waals surface area (Å²) >= 11 is 0. The van der Waals surface area contributed by atoms with Crippen LogP contribution in [0.1, 0.15) is 36.9 Å². The molecule has 0 fully saturated rings. The Morgan fingerprint density at radius 2 is 1.70 bits per heavy atom. The van der Waals surface area contributed by atoms with Crippen molar-refractivity contribution in [3.8, 4) is 11.3 Å². The van der Waals surface area contributed by atoms with E-state index in [-0.39, 0.29) is 30.8 Å². The quantitative estimate of drug-likeness (QED) is 0.459. The minimum absolute atomic E-state index is 0. The van der Waals surface area contributed by atoms with Gasteiger partial charge in [0, 0.05) is 18.7 Å². The number of nitrogens with zero attached hydrogens (tertiary/aromatic N) is 1. The number of benzene rings is 1. The van der Waals surface area contributed by atoms with Gasteiger partial charge in [0.05, 0.1) is 18.7 Å². The maximum absolute atomic E-state index is 11.7. The van der Waals surface area contributed by atoms with E-state index in [2.05, 4.69) is 24.1 Å². The van der Waals surface area contributed by atoms with Crippen LogP contribution in [0.2, 0.25) is 0 Å². The minimum Gasteiger partial charge on any atom is -0.462 e. The number of carbonyl (C=O) groups is 1. The number of nitrogens with one attached hydrogen (secondary N) is 1. The standard InChI is InChI=1S/C20H28N2O3.2ClH/c1-4-22(5-2)14-13-21-15-18-11-12-19(25-18)16-7-9-17(10-8-16)20(23)24-6-3;;/h7-12,21H,4-6,13-15H2,1-3H3;2*1H. The first kappa shape index (κ1) is 25.5. The Hall–Kier alpha value is -1.53. The van der Waals surface area contributed by atoms with Gasteiger partial charge in [0.25, 0.3) is 0 Å². The van der Waals surface area contributed by atoms with Crippen LogP contribution in [0.25, 0.3) is 11.3 Å². The summed E-state index contributed by atoms with van der Waals surface area (Å²) < 4.78 is 10.9. The van der Waals surface area contributed by atoms with Gasteiger partial charge in [0.15, 0.2) is 0 Å². The van der Waals surface area contributed by atoms with E-state index in [1.165, 1.54) is 0 Å². The first-order valence-corrected chi connectivity index (χ1v) is 8.97. The van der Waals surface area contributed by atoms with Crippen molar-refractivity contribution < 1.29 is 13.9 Å². The van der Waals surface area contributed by atoms with Crippen molar-refractivity contribution in [3.63, 3.8) is 0 Å². The zero-order chi connectivity index (χ0) is 18.1. The van der Waals surface area contributed by atoms with Crippen LogP contribution >= 0.6 is 24.8 Å². The lowest BCUT2D eigenvalue weighted by atomic mass is 10.1. The molecule has 0 saturated carbocycles. The fourth-order valence-corrected chi connectivity index (χ4v) is 2.60. The van der Waals surface area contributed by atoms with Gasteiger partial charge >= 0.3 is 5.97 Å². The molecule has 0 saturated heterocycles. The van der Waals surface area contributed by atoms with Crippen molar-refractivity contribution in [3.05, 3.63) is 47.7 Å². The van der Waals surface area contributed by atoms with Crippen LogP contribution in [0, 0.1) is 0 Å². The van der Waals surface area contributed by atoms with E-state index in [1.54, 1.807) is 19.1 Å². The molecule has 1 N–H and O–H groups in total.